The summed E-state index contributed by atoms with van der Waals surface area (Å²) in [4.78, 5) is 39.4. The van der Waals surface area contributed by atoms with Crippen LogP contribution >= 0.6 is 0 Å². The summed E-state index contributed by atoms with van der Waals surface area (Å²) in [7, 11) is 3.04. The second kappa shape index (κ2) is 11.0. The predicted octanol–water partition coefficient (Wildman–Crippen LogP) is 4.38. The van der Waals surface area contributed by atoms with Gasteiger partial charge in [0.05, 0.1) is 24.3 Å². The van der Waals surface area contributed by atoms with Gasteiger partial charge in [-0.2, -0.15) is 0 Å². The number of ether oxygens (including phenoxy) is 3. The van der Waals surface area contributed by atoms with Crippen LogP contribution in [0.1, 0.15) is 56.8 Å². The zero-order valence-electron chi connectivity index (χ0n) is 21.6. The number of carbonyl (C=O) groups is 3. The van der Waals surface area contributed by atoms with Gasteiger partial charge in [-0.1, -0.05) is 39.0 Å². The highest BCUT2D eigenvalue weighted by Crippen LogP contribution is 2.42. The first-order chi connectivity index (χ1) is 17.0. The first-order valence-electron chi connectivity index (χ1n) is 11.7. The molecule has 8 nitrogen and oxygen atoms in total. The summed E-state index contributed by atoms with van der Waals surface area (Å²) >= 11 is 0. The molecule has 1 atom stereocenters. The molecule has 0 radical (unpaired) electrons. The third kappa shape index (κ3) is 5.60. The van der Waals surface area contributed by atoms with E-state index in [1.165, 1.54) is 18.9 Å². The summed E-state index contributed by atoms with van der Waals surface area (Å²) in [5.41, 5.74) is 1.49. The largest absolute Gasteiger partial charge is 0.507 e. The molecule has 8 heteroatoms. The number of methoxy groups -OCH3 is 2. The molecule has 1 saturated heterocycles. The Hall–Kier alpha value is -3.65. The van der Waals surface area contributed by atoms with Crippen molar-refractivity contribution in [1.29, 1.82) is 0 Å². The summed E-state index contributed by atoms with van der Waals surface area (Å²) in [6, 6.07) is 11.1. The molecule has 1 aliphatic rings. The lowest BCUT2D eigenvalue weighted by atomic mass is 9.85. The molecule has 1 unspecified atom stereocenters. The van der Waals surface area contributed by atoms with Crippen molar-refractivity contribution < 1.29 is 33.7 Å². The van der Waals surface area contributed by atoms with Crippen LogP contribution in [0.2, 0.25) is 0 Å². The predicted molar refractivity (Wildman–Crippen MR) is 135 cm³/mol. The fraction of sp³-hybridized carbons (Fsp3) is 0.393. The quantitative estimate of drug-likeness (QED) is 0.145. The van der Waals surface area contributed by atoms with Crippen molar-refractivity contribution >= 4 is 23.4 Å². The Morgan fingerprint density at radius 3 is 2.42 bits per heavy atom. The summed E-state index contributed by atoms with van der Waals surface area (Å²) in [5, 5.41) is 11.5. The number of aliphatic hydroxyl groups is 1. The maximum Gasteiger partial charge on any atom is 0.308 e. The van der Waals surface area contributed by atoms with Gasteiger partial charge in [0.25, 0.3) is 11.7 Å². The van der Waals surface area contributed by atoms with Gasteiger partial charge in [-0.15, -0.1) is 0 Å². The lowest BCUT2D eigenvalue weighted by Gasteiger charge is -2.26. The lowest BCUT2D eigenvalue weighted by molar-refractivity contribution is -0.140. The Morgan fingerprint density at radius 2 is 1.81 bits per heavy atom. The molecule has 0 spiro atoms. The minimum atomic E-state index is -0.889. The fourth-order valence-electron chi connectivity index (χ4n) is 4.26. The molecule has 192 valence electrons. The lowest BCUT2D eigenvalue weighted by Crippen LogP contribution is -2.31. The minimum Gasteiger partial charge on any atom is -0.507 e. The highest BCUT2D eigenvalue weighted by Gasteiger charge is 2.46. The molecule has 1 N–H and O–H groups in total. The molecule has 0 saturated carbocycles. The van der Waals surface area contributed by atoms with Crippen LogP contribution in [0, 0.1) is 0 Å². The molecule has 0 bridgehead atoms. The number of ketones is 1. The number of aliphatic hydroxyl groups excluding tert-OH is 1. The van der Waals surface area contributed by atoms with Crippen LogP contribution in [0.3, 0.4) is 0 Å². The maximum absolute atomic E-state index is 13.3. The summed E-state index contributed by atoms with van der Waals surface area (Å²) in [5.74, 6) is -1.69. The SMILES string of the molecule is COCCCN1C(=O)C(=O)/C(=C(/O)c2cc(C(C)(C)C)ccc2OC)C1c1cccc(OC(C)=O)c1. The van der Waals surface area contributed by atoms with E-state index >= 15 is 0 Å². The molecule has 36 heavy (non-hydrogen) atoms. The topological polar surface area (TPSA) is 102 Å². The zero-order chi connectivity index (χ0) is 26.6. The average molecular weight is 496 g/mol. The zero-order valence-corrected chi connectivity index (χ0v) is 21.6. The van der Waals surface area contributed by atoms with Gasteiger partial charge in [0.2, 0.25) is 0 Å². The standard InChI is InChI=1S/C28H33NO7/c1-17(30)36-20-10-7-9-18(15-20)24-23(26(32)27(33)29(24)13-8-14-34-5)25(31)21-16-19(28(2,3)4)11-12-22(21)35-6/h7,9-12,15-16,24,31H,8,13-14H2,1-6H3/b25-23+. The van der Waals surface area contributed by atoms with Crippen LogP contribution in [0.4, 0.5) is 0 Å². The van der Waals surface area contributed by atoms with Crippen LogP contribution in [-0.2, 0) is 24.5 Å². The molecule has 1 heterocycles. The van der Waals surface area contributed by atoms with Gasteiger partial charge in [0.1, 0.15) is 17.3 Å². The summed E-state index contributed by atoms with van der Waals surface area (Å²) < 4.78 is 15.8. The van der Waals surface area contributed by atoms with Gasteiger partial charge in [-0.05, 0) is 47.2 Å². The van der Waals surface area contributed by atoms with Crippen molar-refractivity contribution in [2.24, 2.45) is 0 Å². The smallest absolute Gasteiger partial charge is 0.308 e. The fourth-order valence-corrected chi connectivity index (χ4v) is 4.26. The Kier molecular flexibility index (Phi) is 8.20. The number of hydrogen-bond acceptors (Lipinski definition) is 7. The van der Waals surface area contributed by atoms with Gasteiger partial charge >= 0.3 is 5.97 Å². The highest BCUT2D eigenvalue weighted by atomic mass is 16.5. The number of esters is 1. The van der Waals surface area contributed by atoms with E-state index in [2.05, 4.69) is 0 Å². The van der Waals surface area contributed by atoms with Crippen molar-refractivity contribution in [3.8, 4) is 11.5 Å². The van der Waals surface area contributed by atoms with E-state index in [0.717, 1.165) is 5.56 Å². The molecule has 2 aromatic carbocycles. The number of amides is 1. The minimum absolute atomic E-state index is 0.0539. The Labute approximate surface area is 211 Å². The third-order valence-electron chi connectivity index (χ3n) is 6.04. The Bertz CT molecular complexity index is 1190. The van der Waals surface area contributed by atoms with Crippen molar-refractivity contribution in [1.82, 2.24) is 4.90 Å². The average Bonchev–Trinajstić information content (AvgIpc) is 3.07. The Balaban J connectivity index is 2.24. The summed E-state index contributed by atoms with van der Waals surface area (Å²) in [6.07, 6.45) is 0.493. The molecular formula is C28H33NO7. The second-order valence-electron chi connectivity index (χ2n) is 9.67. The van der Waals surface area contributed by atoms with Gasteiger partial charge in [0, 0.05) is 27.2 Å². The number of carbonyl (C=O) groups excluding carboxylic acids is 3. The van der Waals surface area contributed by atoms with E-state index in [9.17, 15) is 19.5 Å². The normalized spacial score (nSPS) is 17.4. The summed E-state index contributed by atoms with van der Waals surface area (Å²) in [6.45, 7) is 8.02. The number of rotatable bonds is 8. The number of likely N-dealkylation sites (tertiary alicyclic amines) is 1. The number of hydrogen-bond donors (Lipinski definition) is 1. The number of benzene rings is 2. The van der Waals surface area contributed by atoms with E-state index in [0.29, 0.717) is 29.9 Å². The molecule has 0 aromatic heterocycles. The van der Waals surface area contributed by atoms with Crippen LogP contribution in [-0.4, -0.2) is 55.0 Å². The van der Waals surface area contributed by atoms with Crippen molar-refractivity contribution in [3.05, 3.63) is 64.7 Å². The molecule has 3 rings (SSSR count). The molecule has 1 fully saturated rings. The van der Waals surface area contributed by atoms with Crippen LogP contribution in [0.25, 0.3) is 5.76 Å². The van der Waals surface area contributed by atoms with Crippen molar-refractivity contribution in [3.63, 3.8) is 0 Å². The maximum atomic E-state index is 13.3. The monoisotopic (exact) mass is 495 g/mol. The number of Topliss-reactive ketones (excluding diaryl/α,β-unsaturated/α-hetero) is 1. The molecular weight excluding hydrogens is 462 g/mol. The van der Waals surface area contributed by atoms with Gasteiger partial charge in [-0.25, -0.2) is 0 Å². The Morgan fingerprint density at radius 1 is 1.08 bits per heavy atom. The molecule has 0 aliphatic carbocycles. The first kappa shape index (κ1) is 26.9. The van der Waals surface area contributed by atoms with Crippen molar-refractivity contribution in [2.75, 3.05) is 27.4 Å². The van der Waals surface area contributed by atoms with Gasteiger partial charge < -0.3 is 24.2 Å². The van der Waals surface area contributed by atoms with Crippen LogP contribution in [0.15, 0.2) is 48.0 Å². The van der Waals surface area contributed by atoms with Crippen molar-refractivity contribution in [2.45, 2.75) is 45.6 Å². The van der Waals surface area contributed by atoms with Gasteiger partial charge in [-0.3, -0.25) is 14.4 Å². The molecule has 1 aliphatic heterocycles. The first-order valence-corrected chi connectivity index (χ1v) is 11.7. The van der Waals surface area contributed by atoms with E-state index in [4.69, 9.17) is 14.2 Å². The van der Waals surface area contributed by atoms with Crippen LogP contribution < -0.4 is 9.47 Å². The van der Waals surface area contributed by atoms with E-state index in [-0.39, 0.29) is 29.0 Å². The third-order valence-corrected chi connectivity index (χ3v) is 6.04. The molecule has 2 aromatic rings. The van der Waals surface area contributed by atoms with E-state index in [1.54, 1.807) is 43.5 Å². The number of nitrogens with zero attached hydrogens (tertiary/aromatic N) is 1. The van der Waals surface area contributed by atoms with E-state index in [1.807, 2.05) is 26.8 Å². The van der Waals surface area contributed by atoms with E-state index < -0.39 is 23.7 Å². The highest BCUT2D eigenvalue weighted by molar-refractivity contribution is 6.46. The second-order valence-corrected chi connectivity index (χ2v) is 9.67. The van der Waals surface area contributed by atoms with Crippen LogP contribution in [0.5, 0.6) is 11.5 Å². The van der Waals surface area contributed by atoms with Gasteiger partial charge in [0.15, 0.2) is 0 Å². The molecule has 1 amide bonds.